The van der Waals surface area contributed by atoms with E-state index < -0.39 is 0 Å². The largest absolute Gasteiger partial charge is 0.348 e. The molecule has 1 aromatic rings. The zero-order chi connectivity index (χ0) is 12.8. The van der Waals surface area contributed by atoms with Gasteiger partial charge >= 0.3 is 0 Å². The van der Waals surface area contributed by atoms with E-state index in [1.54, 1.807) is 18.3 Å². The Morgan fingerprint density at radius 1 is 1.35 bits per heavy atom. The van der Waals surface area contributed by atoms with E-state index in [2.05, 4.69) is 53.9 Å². The van der Waals surface area contributed by atoms with E-state index in [1.807, 2.05) is 0 Å². The minimum atomic E-state index is -0.0615. The number of aromatic nitrogens is 1. The van der Waals surface area contributed by atoms with Gasteiger partial charge < -0.3 is 5.32 Å². The molecule has 0 radical (unpaired) electrons. The Bertz CT molecular complexity index is 454. The van der Waals surface area contributed by atoms with Crippen LogP contribution in [0.5, 0.6) is 0 Å². The zero-order valence-corrected chi connectivity index (χ0v) is 12.1. The second-order valence-corrected chi connectivity index (χ2v) is 6.44. The molecule has 0 atom stereocenters. The fourth-order valence-corrected chi connectivity index (χ4v) is 2.75. The van der Waals surface area contributed by atoms with Crippen LogP contribution in [0.4, 0.5) is 0 Å². The highest BCUT2D eigenvalue weighted by Gasteiger charge is 2.65. The van der Waals surface area contributed by atoms with Crippen LogP contribution in [0.2, 0.25) is 0 Å². The van der Waals surface area contributed by atoms with Crippen molar-refractivity contribution in [3.05, 3.63) is 28.5 Å². The fraction of sp³-hybridized carbons (Fsp3) is 0.538. The normalized spacial score (nSPS) is 21.0. The lowest BCUT2D eigenvalue weighted by molar-refractivity contribution is 0.0942. The number of halogens is 1. The summed E-state index contributed by atoms with van der Waals surface area (Å²) in [7, 11) is 0. The molecule has 0 aliphatic heterocycles. The van der Waals surface area contributed by atoms with Gasteiger partial charge in [0.25, 0.3) is 5.91 Å². The van der Waals surface area contributed by atoms with E-state index >= 15 is 0 Å². The summed E-state index contributed by atoms with van der Waals surface area (Å²) in [5.74, 6) is -0.0615. The molecule has 92 valence electrons. The monoisotopic (exact) mass is 296 g/mol. The maximum atomic E-state index is 12.1. The van der Waals surface area contributed by atoms with Crippen LogP contribution < -0.4 is 5.32 Å². The van der Waals surface area contributed by atoms with Crippen molar-refractivity contribution in [1.82, 2.24) is 10.3 Å². The van der Waals surface area contributed by atoms with Crippen LogP contribution >= 0.6 is 15.9 Å². The summed E-state index contributed by atoms with van der Waals surface area (Å²) in [6.07, 6.45) is 1.66. The highest BCUT2D eigenvalue weighted by atomic mass is 79.9. The van der Waals surface area contributed by atoms with Crippen LogP contribution in [0.25, 0.3) is 0 Å². The van der Waals surface area contributed by atoms with Crippen molar-refractivity contribution in [2.24, 2.45) is 10.8 Å². The van der Waals surface area contributed by atoms with Crippen molar-refractivity contribution < 1.29 is 4.79 Å². The van der Waals surface area contributed by atoms with Gasteiger partial charge in [0.2, 0.25) is 0 Å². The van der Waals surface area contributed by atoms with E-state index in [0.717, 1.165) is 0 Å². The van der Waals surface area contributed by atoms with Crippen molar-refractivity contribution in [1.29, 1.82) is 0 Å². The lowest BCUT2D eigenvalue weighted by atomic mass is 10.0. The lowest BCUT2D eigenvalue weighted by Crippen LogP contribution is -2.30. The molecule has 0 bridgehead atoms. The van der Waals surface area contributed by atoms with E-state index in [1.165, 1.54) is 0 Å². The first-order valence-electron chi connectivity index (χ1n) is 5.70. The Kier molecular flexibility index (Phi) is 2.81. The summed E-state index contributed by atoms with van der Waals surface area (Å²) < 4.78 is 0.591. The Morgan fingerprint density at radius 2 is 1.94 bits per heavy atom. The predicted octanol–water partition coefficient (Wildman–Crippen LogP) is 3.01. The van der Waals surface area contributed by atoms with Gasteiger partial charge in [-0.3, -0.25) is 4.79 Å². The van der Waals surface area contributed by atoms with Gasteiger partial charge in [-0.25, -0.2) is 4.98 Å². The molecule has 0 unspecified atom stereocenters. The molecular weight excluding hydrogens is 280 g/mol. The maximum absolute atomic E-state index is 12.1. The molecule has 3 nitrogen and oxygen atoms in total. The average Bonchev–Trinajstić information content (AvgIpc) is 2.61. The van der Waals surface area contributed by atoms with Crippen LogP contribution in [0.3, 0.4) is 0 Å². The van der Waals surface area contributed by atoms with Gasteiger partial charge in [-0.05, 0) is 38.9 Å². The molecule has 0 spiro atoms. The van der Waals surface area contributed by atoms with Crippen molar-refractivity contribution in [2.75, 3.05) is 0 Å². The topological polar surface area (TPSA) is 42.0 Å². The number of nitrogens with zero attached hydrogens (tertiary/aromatic N) is 1. The quantitative estimate of drug-likeness (QED) is 0.853. The van der Waals surface area contributed by atoms with Crippen molar-refractivity contribution in [3.63, 3.8) is 0 Å². The third-order valence-corrected chi connectivity index (χ3v) is 4.93. The number of rotatable bonds is 2. The molecule has 0 aromatic carbocycles. The second kappa shape index (κ2) is 3.80. The first kappa shape index (κ1) is 12.6. The number of carbonyl (C=O) groups excluding carboxylic acids is 1. The summed E-state index contributed by atoms with van der Waals surface area (Å²) in [6.45, 7) is 8.71. The lowest BCUT2D eigenvalue weighted by Gasteiger charge is -2.07. The van der Waals surface area contributed by atoms with Crippen LogP contribution in [-0.2, 0) is 0 Å². The summed E-state index contributed by atoms with van der Waals surface area (Å²) >= 11 is 3.29. The predicted molar refractivity (Wildman–Crippen MR) is 70.8 cm³/mol. The second-order valence-electron chi connectivity index (χ2n) is 5.69. The number of hydrogen-bond donors (Lipinski definition) is 1. The number of carbonyl (C=O) groups is 1. The molecule has 0 saturated heterocycles. The van der Waals surface area contributed by atoms with Crippen molar-refractivity contribution in [2.45, 2.75) is 33.7 Å². The summed E-state index contributed by atoms with van der Waals surface area (Å²) in [4.78, 5) is 16.2. The van der Waals surface area contributed by atoms with Crippen molar-refractivity contribution in [3.8, 4) is 0 Å². The van der Waals surface area contributed by atoms with Crippen LogP contribution in [0.1, 0.15) is 38.1 Å². The molecule has 1 aromatic heterocycles. The Hall–Kier alpha value is -0.900. The van der Waals surface area contributed by atoms with Crippen LogP contribution in [0, 0.1) is 10.8 Å². The van der Waals surface area contributed by atoms with Gasteiger partial charge in [-0.1, -0.05) is 27.7 Å². The molecule has 1 aliphatic carbocycles. The molecule has 2 rings (SSSR count). The first-order chi connectivity index (χ1) is 7.78. The molecular formula is C13H17BrN2O. The first-order valence-corrected chi connectivity index (χ1v) is 6.49. The molecule has 17 heavy (non-hydrogen) atoms. The fourth-order valence-electron chi connectivity index (χ4n) is 2.32. The number of nitrogens with one attached hydrogen (secondary N) is 1. The van der Waals surface area contributed by atoms with E-state index in [0.29, 0.717) is 10.2 Å². The number of hydrogen-bond acceptors (Lipinski definition) is 2. The molecule has 4 heteroatoms. The molecule has 1 amide bonds. The van der Waals surface area contributed by atoms with Gasteiger partial charge in [0.05, 0.1) is 5.56 Å². The zero-order valence-electron chi connectivity index (χ0n) is 10.5. The Morgan fingerprint density at radius 3 is 2.41 bits per heavy atom. The molecule has 1 aliphatic rings. The van der Waals surface area contributed by atoms with Crippen LogP contribution in [0.15, 0.2) is 22.9 Å². The number of amides is 1. The van der Waals surface area contributed by atoms with Gasteiger partial charge in [-0.15, -0.1) is 0 Å². The van der Waals surface area contributed by atoms with E-state index in [4.69, 9.17) is 0 Å². The molecule has 1 heterocycles. The van der Waals surface area contributed by atoms with Gasteiger partial charge in [-0.2, -0.15) is 0 Å². The third kappa shape index (κ3) is 1.88. The van der Waals surface area contributed by atoms with Gasteiger partial charge in [0.15, 0.2) is 0 Å². The highest BCUT2D eigenvalue weighted by Crippen LogP contribution is 2.62. The minimum Gasteiger partial charge on any atom is -0.348 e. The van der Waals surface area contributed by atoms with Crippen molar-refractivity contribution >= 4 is 21.8 Å². The summed E-state index contributed by atoms with van der Waals surface area (Å²) in [5, 5.41) is 3.08. The summed E-state index contributed by atoms with van der Waals surface area (Å²) in [5.41, 5.74) is 0.889. The minimum absolute atomic E-state index is 0.0615. The molecule has 1 saturated carbocycles. The highest BCUT2D eigenvalue weighted by molar-refractivity contribution is 9.10. The Labute approximate surface area is 110 Å². The van der Waals surface area contributed by atoms with Gasteiger partial charge in [0, 0.05) is 12.2 Å². The van der Waals surface area contributed by atoms with Gasteiger partial charge in [0.1, 0.15) is 4.60 Å². The van der Waals surface area contributed by atoms with Crippen LogP contribution in [-0.4, -0.2) is 16.9 Å². The maximum Gasteiger partial charge on any atom is 0.254 e. The third-order valence-electron chi connectivity index (χ3n) is 4.30. The SMILES string of the molecule is CC1(C)C(NC(=O)c2cccnc2Br)C1(C)C. The number of pyridine rings is 1. The summed E-state index contributed by atoms with van der Waals surface area (Å²) in [6, 6.07) is 3.76. The standard InChI is InChI=1S/C13H17BrN2O/c1-12(2)11(13(12,3)4)16-10(17)8-6-5-7-15-9(8)14/h5-7,11H,1-4H3,(H,16,17). The van der Waals surface area contributed by atoms with E-state index in [-0.39, 0.29) is 22.8 Å². The van der Waals surface area contributed by atoms with E-state index in [9.17, 15) is 4.79 Å². The molecule has 1 fully saturated rings. The Balaban J connectivity index is 2.13. The smallest absolute Gasteiger partial charge is 0.254 e. The average molecular weight is 297 g/mol. The molecule has 1 N–H and O–H groups in total.